The lowest BCUT2D eigenvalue weighted by Crippen LogP contribution is -2.58. The predicted molar refractivity (Wildman–Crippen MR) is 108 cm³/mol. The molecule has 29 heavy (non-hydrogen) atoms. The van der Waals surface area contributed by atoms with Crippen molar-refractivity contribution in [1.29, 1.82) is 0 Å². The van der Waals surface area contributed by atoms with E-state index in [1.165, 1.54) is 0 Å². The first kappa shape index (κ1) is 20.1. The summed E-state index contributed by atoms with van der Waals surface area (Å²) in [5.74, 6) is -1.94. The van der Waals surface area contributed by atoms with Gasteiger partial charge in [-0.15, -0.1) is 0 Å². The lowest BCUT2D eigenvalue weighted by molar-refractivity contribution is -0.253. The molecule has 1 aliphatic heterocycles. The molecule has 1 aromatic carbocycles. The summed E-state index contributed by atoms with van der Waals surface area (Å²) >= 11 is 0. The molecule has 1 aromatic rings. The Morgan fingerprint density at radius 3 is 2.41 bits per heavy atom. The lowest BCUT2D eigenvalue weighted by atomic mass is 9.59. The van der Waals surface area contributed by atoms with E-state index in [0.717, 1.165) is 5.56 Å². The number of fused-ring (bicyclic) bond motifs is 1. The molecular weight excluding hydrogens is 368 g/mol. The molecule has 4 rings (SSSR count). The highest BCUT2D eigenvalue weighted by molar-refractivity contribution is 6.01. The smallest absolute Gasteiger partial charge is 0.218 e. The van der Waals surface area contributed by atoms with E-state index in [0.29, 0.717) is 42.8 Å². The summed E-state index contributed by atoms with van der Waals surface area (Å²) in [6, 6.07) is 7.46. The fourth-order valence-corrected chi connectivity index (χ4v) is 5.59. The van der Waals surface area contributed by atoms with Crippen molar-refractivity contribution in [2.24, 2.45) is 16.7 Å². The molecule has 0 spiro atoms. The van der Waals surface area contributed by atoms with Crippen molar-refractivity contribution in [2.45, 2.75) is 65.1 Å². The quantitative estimate of drug-likeness (QED) is 0.810. The van der Waals surface area contributed by atoms with Crippen LogP contribution in [0.2, 0.25) is 0 Å². The summed E-state index contributed by atoms with van der Waals surface area (Å²) in [7, 11) is 1.58. The minimum Gasteiger partial charge on any atom is -0.496 e. The Balaban J connectivity index is 1.96. The Kier molecular flexibility index (Phi) is 4.47. The van der Waals surface area contributed by atoms with Gasteiger partial charge in [0.05, 0.1) is 13.0 Å². The number of para-hydroxylation sites is 1. The van der Waals surface area contributed by atoms with E-state index in [-0.39, 0.29) is 22.4 Å². The molecule has 0 bridgehead atoms. The average molecular weight is 398 g/mol. The maximum absolute atomic E-state index is 13.3. The molecule has 0 aromatic heterocycles. The molecule has 1 fully saturated rings. The van der Waals surface area contributed by atoms with Gasteiger partial charge in [-0.2, -0.15) is 0 Å². The van der Waals surface area contributed by atoms with E-state index >= 15 is 0 Å². The van der Waals surface area contributed by atoms with Gasteiger partial charge < -0.3 is 14.6 Å². The third-order valence-corrected chi connectivity index (χ3v) is 6.51. The molecule has 0 saturated heterocycles. The maximum Gasteiger partial charge on any atom is 0.218 e. The van der Waals surface area contributed by atoms with Crippen LogP contribution in [-0.2, 0) is 14.3 Å². The Labute approximate surface area is 172 Å². The highest BCUT2D eigenvalue weighted by atomic mass is 16.6. The Bertz CT molecular complexity index is 910. The lowest BCUT2D eigenvalue weighted by Gasteiger charge is -2.53. The van der Waals surface area contributed by atoms with Gasteiger partial charge in [-0.3, -0.25) is 9.59 Å². The van der Waals surface area contributed by atoms with Gasteiger partial charge in [0.1, 0.15) is 17.3 Å². The molecule has 156 valence electrons. The van der Waals surface area contributed by atoms with E-state index < -0.39 is 17.6 Å². The standard InChI is InChI=1S/C24H30O5/c1-22(2)10-15(25)20-18(12-22)29-24(27)13-23(3,4)11-16(26)21(24)19(20)14-8-6-7-9-17(14)28-5/h6-9,19,21,27H,10-13H2,1-5H3/t19-,21+,24+/m1/s1. The van der Waals surface area contributed by atoms with Crippen LogP contribution in [0.3, 0.4) is 0 Å². The minimum absolute atomic E-state index is 0.00756. The number of methoxy groups -OCH3 is 1. The topological polar surface area (TPSA) is 72.8 Å². The highest BCUT2D eigenvalue weighted by Gasteiger charge is 2.61. The van der Waals surface area contributed by atoms with E-state index in [1.54, 1.807) is 7.11 Å². The third kappa shape index (κ3) is 3.29. The number of Topliss-reactive ketones (excluding diaryl/α,β-unsaturated/α-hetero) is 2. The summed E-state index contributed by atoms with van der Waals surface area (Å²) in [4.78, 5) is 26.6. The van der Waals surface area contributed by atoms with Crippen molar-refractivity contribution in [2.75, 3.05) is 7.11 Å². The number of ketones is 2. The Hall–Kier alpha value is -2.14. The maximum atomic E-state index is 13.3. The van der Waals surface area contributed by atoms with Gasteiger partial charge in [0, 0.05) is 42.7 Å². The molecule has 0 radical (unpaired) electrons. The van der Waals surface area contributed by atoms with Crippen molar-refractivity contribution < 1.29 is 24.2 Å². The van der Waals surface area contributed by atoms with Gasteiger partial charge >= 0.3 is 0 Å². The van der Waals surface area contributed by atoms with Crippen LogP contribution in [0, 0.1) is 16.7 Å². The molecule has 0 unspecified atom stereocenters. The van der Waals surface area contributed by atoms with Gasteiger partial charge in [0.25, 0.3) is 0 Å². The van der Waals surface area contributed by atoms with Crippen LogP contribution in [0.4, 0.5) is 0 Å². The van der Waals surface area contributed by atoms with Gasteiger partial charge in [-0.1, -0.05) is 45.9 Å². The second kappa shape index (κ2) is 6.43. The van der Waals surface area contributed by atoms with Crippen LogP contribution in [0.25, 0.3) is 0 Å². The molecule has 3 atom stereocenters. The molecule has 3 aliphatic rings. The zero-order chi connectivity index (χ0) is 21.2. The minimum atomic E-state index is -1.63. The third-order valence-electron chi connectivity index (χ3n) is 6.51. The zero-order valence-electron chi connectivity index (χ0n) is 17.9. The Morgan fingerprint density at radius 1 is 1.03 bits per heavy atom. The fraction of sp³-hybridized carbons (Fsp3) is 0.583. The second-order valence-corrected chi connectivity index (χ2v) is 10.4. The van der Waals surface area contributed by atoms with Crippen LogP contribution in [0.5, 0.6) is 5.75 Å². The van der Waals surface area contributed by atoms with Crippen molar-refractivity contribution in [3.8, 4) is 5.75 Å². The Morgan fingerprint density at radius 2 is 1.72 bits per heavy atom. The number of hydrogen-bond acceptors (Lipinski definition) is 5. The number of rotatable bonds is 2. The van der Waals surface area contributed by atoms with Crippen molar-refractivity contribution in [3.63, 3.8) is 0 Å². The van der Waals surface area contributed by atoms with E-state index in [9.17, 15) is 14.7 Å². The number of benzene rings is 1. The van der Waals surface area contributed by atoms with E-state index in [1.807, 2.05) is 52.0 Å². The number of hydrogen-bond donors (Lipinski definition) is 1. The van der Waals surface area contributed by atoms with Crippen LogP contribution in [0.15, 0.2) is 35.6 Å². The molecule has 5 heteroatoms. The molecule has 2 aliphatic carbocycles. The van der Waals surface area contributed by atoms with Crippen molar-refractivity contribution >= 4 is 11.6 Å². The summed E-state index contributed by atoms with van der Waals surface area (Å²) in [6.07, 6.45) is 1.64. The summed E-state index contributed by atoms with van der Waals surface area (Å²) < 4.78 is 11.7. The fourth-order valence-electron chi connectivity index (χ4n) is 5.59. The second-order valence-electron chi connectivity index (χ2n) is 10.4. The number of allylic oxidation sites excluding steroid dienone is 2. The summed E-state index contributed by atoms with van der Waals surface area (Å²) in [5, 5.41) is 11.7. The van der Waals surface area contributed by atoms with Crippen LogP contribution < -0.4 is 4.74 Å². The molecule has 0 amide bonds. The van der Waals surface area contributed by atoms with Gasteiger partial charge in [-0.05, 0) is 16.9 Å². The monoisotopic (exact) mass is 398 g/mol. The predicted octanol–water partition coefficient (Wildman–Crippen LogP) is 4.15. The van der Waals surface area contributed by atoms with E-state index in [4.69, 9.17) is 9.47 Å². The molecule has 1 heterocycles. The molecule has 1 saturated carbocycles. The molecular formula is C24H30O5. The largest absolute Gasteiger partial charge is 0.496 e. The average Bonchev–Trinajstić information content (AvgIpc) is 2.56. The van der Waals surface area contributed by atoms with Crippen LogP contribution in [-0.4, -0.2) is 29.6 Å². The van der Waals surface area contributed by atoms with Gasteiger partial charge in [-0.25, -0.2) is 0 Å². The van der Waals surface area contributed by atoms with Gasteiger partial charge in [0.2, 0.25) is 5.79 Å². The number of ether oxygens (including phenoxy) is 2. The molecule has 1 N–H and O–H groups in total. The van der Waals surface area contributed by atoms with Gasteiger partial charge in [0.15, 0.2) is 5.78 Å². The number of aliphatic hydroxyl groups is 1. The number of carbonyl (C=O) groups is 2. The SMILES string of the molecule is COc1ccccc1[C@@H]1C2=C(CC(C)(C)CC2=O)O[C@@]2(O)CC(C)(C)CC(=O)[C@@H]12. The number of carbonyl (C=O) groups excluding carboxylic acids is 2. The first-order valence-corrected chi connectivity index (χ1v) is 10.3. The van der Waals surface area contributed by atoms with Crippen LogP contribution in [0.1, 0.15) is 64.9 Å². The van der Waals surface area contributed by atoms with Crippen molar-refractivity contribution in [1.82, 2.24) is 0 Å². The van der Waals surface area contributed by atoms with Crippen molar-refractivity contribution in [3.05, 3.63) is 41.2 Å². The first-order valence-electron chi connectivity index (χ1n) is 10.3. The molecule has 5 nitrogen and oxygen atoms in total. The van der Waals surface area contributed by atoms with Crippen LogP contribution >= 0.6 is 0 Å². The summed E-state index contributed by atoms with van der Waals surface area (Å²) in [5.41, 5.74) is 0.672. The van der Waals surface area contributed by atoms with E-state index in [2.05, 4.69) is 0 Å². The zero-order valence-corrected chi connectivity index (χ0v) is 17.9. The first-order chi connectivity index (χ1) is 13.5. The normalized spacial score (nSPS) is 32.9. The summed E-state index contributed by atoms with van der Waals surface area (Å²) in [6.45, 7) is 8.01. The highest BCUT2D eigenvalue weighted by Crippen LogP contribution is 2.58.